The predicted molar refractivity (Wildman–Crippen MR) is 87.2 cm³/mol. The Kier molecular flexibility index (Phi) is 4.79. The Balaban J connectivity index is 1.73. The summed E-state index contributed by atoms with van der Waals surface area (Å²) in [7, 11) is -3.61. The van der Waals surface area contributed by atoms with Crippen LogP contribution in [0.1, 0.15) is 38.5 Å². The van der Waals surface area contributed by atoms with Crippen LogP contribution in [0.5, 0.6) is 11.5 Å². The van der Waals surface area contributed by atoms with E-state index in [4.69, 9.17) is 15.2 Å². The molecule has 1 aromatic rings. The molecule has 0 atom stereocenters. The van der Waals surface area contributed by atoms with Gasteiger partial charge in [0.1, 0.15) is 0 Å². The number of benzene rings is 1. The molecule has 6 nitrogen and oxygen atoms in total. The lowest BCUT2D eigenvalue weighted by molar-refractivity contribution is 0.296. The van der Waals surface area contributed by atoms with E-state index < -0.39 is 15.6 Å². The van der Waals surface area contributed by atoms with Crippen LogP contribution in [-0.2, 0) is 10.0 Å². The monoisotopic (exact) mass is 340 g/mol. The molecule has 1 aromatic carbocycles. The quantitative estimate of drug-likeness (QED) is 0.872. The Hall–Kier alpha value is -1.31. The van der Waals surface area contributed by atoms with E-state index in [0.29, 0.717) is 24.7 Å². The van der Waals surface area contributed by atoms with Crippen LogP contribution in [0, 0.1) is 0 Å². The van der Waals surface area contributed by atoms with Gasteiger partial charge in [-0.1, -0.05) is 19.3 Å². The molecule has 7 heteroatoms. The average Bonchev–Trinajstić information content (AvgIpc) is 2.78. The van der Waals surface area contributed by atoms with Gasteiger partial charge in [-0.2, -0.15) is 0 Å². The number of ether oxygens (including phenoxy) is 2. The highest BCUT2D eigenvalue weighted by Crippen LogP contribution is 2.32. The third-order valence-corrected chi connectivity index (χ3v) is 5.89. The molecular formula is C16H24N2O4S. The Morgan fingerprint density at radius 2 is 1.74 bits per heavy atom. The summed E-state index contributed by atoms with van der Waals surface area (Å²) < 4.78 is 38.8. The van der Waals surface area contributed by atoms with Crippen LogP contribution in [0.3, 0.4) is 0 Å². The van der Waals surface area contributed by atoms with Gasteiger partial charge in [0, 0.05) is 24.6 Å². The van der Waals surface area contributed by atoms with E-state index in [2.05, 4.69) is 4.72 Å². The molecule has 1 heterocycles. The van der Waals surface area contributed by atoms with Crippen molar-refractivity contribution >= 4 is 10.0 Å². The molecule has 0 radical (unpaired) electrons. The predicted octanol–water partition coefficient (Wildman–Crippen LogP) is 1.79. The van der Waals surface area contributed by atoms with E-state index in [1.807, 2.05) is 0 Å². The van der Waals surface area contributed by atoms with E-state index >= 15 is 0 Å². The summed E-state index contributed by atoms with van der Waals surface area (Å²) in [6.07, 6.45) is 5.79. The number of hydrogen-bond acceptors (Lipinski definition) is 5. The van der Waals surface area contributed by atoms with Gasteiger partial charge in [-0.05, 0) is 25.0 Å². The van der Waals surface area contributed by atoms with Crippen LogP contribution in [0.15, 0.2) is 23.1 Å². The summed E-state index contributed by atoms with van der Waals surface area (Å²) in [6, 6.07) is 4.71. The molecule has 23 heavy (non-hydrogen) atoms. The van der Waals surface area contributed by atoms with Crippen molar-refractivity contribution in [1.82, 2.24) is 4.72 Å². The second-order valence-electron chi connectivity index (χ2n) is 6.41. The summed E-state index contributed by atoms with van der Waals surface area (Å²) in [4.78, 5) is 0.182. The lowest BCUT2D eigenvalue weighted by Crippen LogP contribution is -2.51. The molecule has 1 fully saturated rings. The fourth-order valence-electron chi connectivity index (χ4n) is 3.07. The zero-order chi connectivity index (χ0) is 16.3. The molecule has 2 aliphatic rings. The largest absolute Gasteiger partial charge is 0.490 e. The number of sulfonamides is 1. The van der Waals surface area contributed by atoms with Crippen molar-refractivity contribution in [3.8, 4) is 11.5 Å². The molecule has 128 valence electrons. The molecule has 0 bridgehead atoms. The van der Waals surface area contributed by atoms with E-state index in [0.717, 1.165) is 32.1 Å². The smallest absolute Gasteiger partial charge is 0.240 e. The standard InChI is InChI=1S/C16H24N2O4S/c17-16(7-2-1-3-8-16)12-18-23(19,20)13-5-6-14-15(11-13)22-10-4-9-21-14/h5-6,11,18H,1-4,7-10,12,17H2. The highest BCUT2D eigenvalue weighted by Gasteiger charge is 2.29. The van der Waals surface area contributed by atoms with Crippen molar-refractivity contribution in [3.63, 3.8) is 0 Å². The third kappa shape index (κ3) is 3.97. The minimum absolute atomic E-state index is 0.182. The number of rotatable bonds is 4. The Morgan fingerprint density at radius 3 is 2.48 bits per heavy atom. The van der Waals surface area contributed by atoms with Crippen molar-refractivity contribution in [1.29, 1.82) is 0 Å². The molecule has 3 rings (SSSR count). The van der Waals surface area contributed by atoms with Crippen molar-refractivity contribution < 1.29 is 17.9 Å². The SMILES string of the molecule is NC1(CNS(=O)(=O)c2ccc3c(c2)OCCCO3)CCCCC1. The second-order valence-corrected chi connectivity index (χ2v) is 8.17. The summed E-state index contributed by atoms with van der Waals surface area (Å²) in [6.45, 7) is 1.37. The van der Waals surface area contributed by atoms with Gasteiger partial charge in [-0.3, -0.25) is 0 Å². The zero-order valence-corrected chi connectivity index (χ0v) is 14.0. The first kappa shape index (κ1) is 16.5. The number of nitrogens with two attached hydrogens (primary N) is 1. The molecule has 0 amide bonds. The molecule has 1 aliphatic carbocycles. The molecule has 3 N–H and O–H groups in total. The molecular weight excluding hydrogens is 316 g/mol. The first-order chi connectivity index (χ1) is 11.0. The lowest BCUT2D eigenvalue weighted by atomic mass is 9.83. The lowest BCUT2D eigenvalue weighted by Gasteiger charge is -2.33. The molecule has 0 unspecified atom stereocenters. The van der Waals surface area contributed by atoms with Gasteiger partial charge in [0.2, 0.25) is 10.0 Å². The number of nitrogens with one attached hydrogen (secondary N) is 1. The first-order valence-electron chi connectivity index (χ1n) is 8.17. The van der Waals surface area contributed by atoms with E-state index in [1.165, 1.54) is 12.5 Å². The average molecular weight is 340 g/mol. The van der Waals surface area contributed by atoms with Gasteiger partial charge in [-0.25, -0.2) is 13.1 Å². The van der Waals surface area contributed by atoms with Gasteiger partial charge < -0.3 is 15.2 Å². The van der Waals surface area contributed by atoms with Gasteiger partial charge in [-0.15, -0.1) is 0 Å². The van der Waals surface area contributed by atoms with Crippen LogP contribution < -0.4 is 19.9 Å². The van der Waals surface area contributed by atoms with Gasteiger partial charge in [0.05, 0.1) is 18.1 Å². The molecule has 0 saturated heterocycles. The Bertz CT molecular complexity index is 654. The van der Waals surface area contributed by atoms with E-state index in [-0.39, 0.29) is 11.4 Å². The van der Waals surface area contributed by atoms with Gasteiger partial charge in [0.15, 0.2) is 11.5 Å². The van der Waals surface area contributed by atoms with Crippen LogP contribution in [-0.4, -0.2) is 33.7 Å². The summed E-state index contributed by atoms with van der Waals surface area (Å²) in [5.74, 6) is 1.06. The van der Waals surface area contributed by atoms with Crippen LogP contribution >= 0.6 is 0 Å². The second kappa shape index (κ2) is 6.67. The fraction of sp³-hybridized carbons (Fsp3) is 0.625. The summed E-state index contributed by atoms with van der Waals surface area (Å²) >= 11 is 0. The van der Waals surface area contributed by atoms with E-state index in [1.54, 1.807) is 12.1 Å². The van der Waals surface area contributed by atoms with Crippen molar-refractivity contribution in [3.05, 3.63) is 18.2 Å². The minimum Gasteiger partial charge on any atom is -0.490 e. The fourth-order valence-corrected chi connectivity index (χ4v) is 4.22. The molecule has 1 aliphatic heterocycles. The number of hydrogen-bond donors (Lipinski definition) is 2. The third-order valence-electron chi connectivity index (χ3n) is 4.49. The number of fused-ring (bicyclic) bond motifs is 1. The summed E-state index contributed by atoms with van der Waals surface area (Å²) in [5, 5.41) is 0. The zero-order valence-electron chi connectivity index (χ0n) is 13.2. The maximum absolute atomic E-state index is 12.5. The van der Waals surface area contributed by atoms with E-state index in [9.17, 15) is 8.42 Å². The highest BCUT2D eigenvalue weighted by atomic mass is 32.2. The molecule has 0 aromatic heterocycles. The summed E-state index contributed by atoms with van der Waals surface area (Å²) in [5.41, 5.74) is 5.87. The van der Waals surface area contributed by atoms with Crippen molar-refractivity contribution in [2.45, 2.75) is 49.0 Å². The maximum atomic E-state index is 12.5. The van der Waals surface area contributed by atoms with Crippen LogP contribution in [0.25, 0.3) is 0 Å². The minimum atomic E-state index is -3.61. The first-order valence-corrected chi connectivity index (χ1v) is 9.65. The van der Waals surface area contributed by atoms with Gasteiger partial charge >= 0.3 is 0 Å². The normalized spacial score (nSPS) is 20.7. The highest BCUT2D eigenvalue weighted by molar-refractivity contribution is 7.89. The Morgan fingerprint density at radius 1 is 1.04 bits per heavy atom. The van der Waals surface area contributed by atoms with Crippen molar-refractivity contribution in [2.75, 3.05) is 19.8 Å². The van der Waals surface area contributed by atoms with Crippen LogP contribution in [0.4, 0.5) is 0 Å². The van der Waals surface area contributed by atoms with Crippen molar-refractivity contribution in [2.24, 2.45) is 5.73 Å². The molecule has 1 saturated carbocycles. The Labute approximate surface area is 137 Å². The van der Waals surface area contributed by atoms with Crippen LogP contribution in [0.2, 0.25) is 0 Å². The van der Waals surface area contributed by atoms with Gasteiger partial charge in [0.25, 0.3) is 0 Å². The maximum Gasteiger partial charge on any atom is 0.240 e. The topological polar surface area (TPSA) is 90.7 Å². The molecule has 0 spiro atoms.